The number of hydrogen-bond donors (Lipinski definition) is 1. The van der Waals surface area contributed by atoms with Crippen molar-refractivity contribution in [3.63, 3.8) is 0 Å². The maximum absolute atomic E-state index is 4.81. The predicted octanol–water partition coefficient (Wildman–Crippen LogP) is 3.92. The Hall–Kier alpha value is -2.70. The van der Waals surface area contributed by atoms with Crippen LogP contribution in [0.25, 0.3) is 0 Å². The topological polar surface area (TPSA) is 69.5 Å². The number of hydrazone groups is 1. The van der Waals surface area contributed by atoms with Crippen molar-refractivity contribution in [2.24, 2.45) is 5.10 Å². The number of benzene rings is 1. The van der Waals surface area contributed by atoms with E-state index in [9.17, 15) is 0 Å². The molecule has 154 valence electrons. The third kappa shape index (κ3) is 5.02. The van der Waals surface area contributed by atoms with Gasteiger partial charge < -0.3 is 9.80 Å². The van der Waals surface area contributed by atoms with E-state index in [4.69, 9.17) is 4.98 Å². The lowest BCUT2D eigenvalue weighted by molar-refractivity contribution is 0.556. The second-order valence-corrected chi connectivity index (χ2v) is 8.08. The minimum absolute atomic E-state index is 0.516. The van der Waals surface area contributed by atoms with Crippen LogP contribution in [0.5, 0.6) is 0 Å². The van der Waals surface area contributed by atoms with Crippen LogP contribution in [0, 0.1) is 13.8 Å². The van der Waals surface area contributed by atoms with Gasteiger partial charge in [-0.1, -0.05) is 23.8 Å². The number of aromatic nitrogens is 3. The van der Waals surface area contributed by atoms with Gasteiger partial charge in [0.05, 0.1) is 6.21 Å². The lowest BCUT2D eigenvalue weighted by Crippen LogP contribution is -2.34. The standard InChI is InChI=1S/C22H31N7/c1-17-9-10-19(18(2)15-17)16-23-27-20-24-21(28-11-5-3-6-12-28)26-22(25-20)29-13-7-4-8-14-29/h9-10,15-16H,3-8,11-14H2,1-2H3,(H,24,25,26,27)/b23-16+. The molecule has 1 aromatic carbocycles. The Balaban J connectivity index is 1.56. The zero-order valence-corrected chi connectivity index (χ0v) is 17.6. The molecule has 7 nitrogen and oxygen atoms in total. The van der Waals surface area contributed by atoms with Crippen molar-refractivity contribution in [3.05, 3.63) is 34.9 Å². The van der Waals surface area contributed by atoms with E-state index < -0.39 is 0 Å². The van der Waals surface area contributed by atoms with Crippen LogP contribution in [0.4, 0.5) is 17.8 Å². The summed E-state index contributed by atoms with van der Waals surface area (Å²) < 4.78 is 0. The van der Waals surface area contributed by atoms with Crippen LogP contribution in [-0.2, 0) is 0 Å². The van der Waals surface area contributed by atoms with Gasteiger partial charge in [-0.15, -0.1) is 0 Å². The van der Waals surface area contributed by atoms with E-state index in [1.54, 1.807) is 0 Å². The highest BCUT2D eigenvalue weighted by Gasteiger charge is 2.20. The molecule has 4 rings (SSSR count). The molecule has 0 atom stereocenters. The van der Waals surface area contributed by atoms with Gasteiger partial charge in [-0.3, -0.25) is 0 Å². The van der Waals surface area contributed by atoms with Gasteiger partial charge in [-0.05, 0) is 63.5 Å². The van der Waals surface area contributed by atoms with Crippen LogP contribution in [0.1, 0.15) is 55.2 Å². The van der Waals surface area contributed by atoms with Gasteiger partial charge in [-0.2, -0.15) is 20.1 Å². The SMILES string of the molecule is Cc1ccc(/C=N/Nc2nc(N3CCCCC3)nc(N3CCCCC3)n2)c(C)c1. The molecule has 1 N–H and O–H groups in total. The Kier molecular flexibility index (Phi) is 6.22. The molecule has 7 heteroatoms. The number of rotatable bonds is 5. The second kappa shape index (κ2) is 9.20. The first kappa shape index (κ1) is 19.6. The summed E-state index contributed by atoms with van der Waals surface area (Å²) in [4.78, 5) is 18.7. The maximum Gasteiger partial charge on any atom is 0.250 e. The van der Waals surface area contributed by atoms with E-state index in [1.807, 2.05) is 6.21 Å². The summed E-state index contributed by atoms with van der Waals surface area (Å²) in [5.41, 5.74) is 6.59. The van der Waals surface area contributed by atoms with Crippen molar-refractivity contribution in [2.45, 2.75) is 52.4 Å². The molecule has 29 heavy (non-hydrogen) atoms. The Labute approximate surface area is 173 Å². The van der Waals surface area contributed by atoms with Crippen LogP contribution in [0.3, 0.4) is 0 Å². The Morgan fingerprint density at radius 2 is 1.41 bits per heavy atom. The van der Waals surface area contributed by atoms with E-state index in [-0.39, 0.29) is 0 Å². The Bertz CT molecular complexity index is 816. The summed E-state index contributed by atoms with van der Waals surface area (Å²) in [6, 6.07) is 6.34. The average Bonchev–Trinajstić information content (AvgIpc) is 2.76. The number of anilines is 3. The zero-order chi connectivity index (χ0) is 20.1. The maximum atomic E-state index is 4.81. The Morgan fingerprint density at radius 1 is 0.828 bits per heavy atom. The van der Waals surface area contributed by atoms with Crippen molar-refractivity contribution >= 4 is 24.1 Å². The fourth-order valence-corrected chi connectivity index (χ4v) is 4.00. The first-order chi connectivity index (χ1) is 14.2. The summed E-state index contributed by atoms with van der Waals surface area (Å²) in [5, 5.41) is 4.41. The Morgan fingerprint density at radius 3 is 1.97 bits per heavy atom. The van der Waals surface area contributed by atoms with Gasteiger partial charge in [0.15, 0.2) is 0 Å². The number of piperidine rings is 2. The molecule has 1 aromatic heterocycles. The van der Waals surface area contributed by atoms with E-state index >= 15 is 0 Å². The van der Waals surface area contributed by atoms with E-state index in [1.165, 1.54) is 49.7 Å². The zero-order valence-electron chi connectivity index (χ0n) is 17.6. The van der Waals surface area contributed by atoms with E-state index in [0.717, 1.165) is 43.6 Å². The predicted molar refractivity (Wildman–Crippen MR) is 119 cm³/mol. The molecular formula is C22H31N7. The van der Waals surface area contributed by atoms with Crippen LogP contribution in [0.15, 0.2) is 23.3 Å². The molecule has 0 unspecified atom stereocenters. The second-order valence-electron chi connectivity index (χ2n) is 8.08. The van der Waals surface area contributed by atoms with Crippen LogP contribution in [-0.4, -0.2) is 47.3 Å². The molecule has 0 bridgehead atoms. The van der Waals surface area contributed by atoms with Crippen molar-refractivity contribution in [2.75, 3.05) is 41.4 Å². The molecule has 2 aliphatic rings. The normalized spacial score (nSPS) is 17.7. The van der Waals surface area contributed by atoms with E-state index in [2.05, 4.69) is 62.3 Å². The molecule has 2 aromatic rings. The van der Waals surface area contributed by atoms with Gasteiger partial charge in [0.25, 0.3) is 0 Å². The summed E-state index contributed by atoms with van der Waals surface area (Å²) in [6.07, 6.45) is 9.17. The van der Waals surface area contributed by atoms with E-state index in [0.29, 0.717) is 5.95 Å². The van der Waals surface area contributed by atoms with Crippen LogP contribution < -0.4 is 15.2 Å². The van der Waals surface area contributed by atoms with Gasteiger partial charge >= 0.3 is 0 Å². The quantitative estimate of drug-likeness (QED) is 0.613. The van der Waals surface area contributed by atoms with Crippen LogP contribution >= 0.6 is 0 Å². The monoisotopic (exact) mass is 393 g/mol. The molecular weight excluding hydrogens is 362 g/mol. The van der Waals surface area contributed by atoms with Gasteiger partial charge in [0.1, 0.15) is 0 Å². The smallest absolute Gasteiger partial charge is 0.250 e. The fraction of sp³-hybridized carbons (Fsp3) is 0.545. The third-order valence-electron chi connectivity index (χ3n) is 5.68. The number of nitrogens with zero attached hydrogens (tertiary/aromatic N) is 6. The molecule has 3 heterocycles. The van der Waals surface area contributed by atoms with Crippen LogP contribution in [0.2, 0.25) is 0 Å². The van der Waals surface area contributed by atoms with Crippen molar-refractivity contribution in [1.29, 1.82) is 0 Å². The lowest BCUT2D eigenvalue weighted by atomic mass is 10.1. The van der Waals surface area contributed by atoms with Crippen molar-refractivity contribution in [1.82, 2.24) is 15.0 Å². The summed E-state index contributed by atoms with van der Waals surface area (Å²) in [5.74, 6) is 2.05. The molecule has 0 amide bonds. The minimum Gasteiger partial charge on any atom is -0.341 e. The minimum atomic E-state index is 0.516. The van der Waals surface area contributed by atoms with Crippen molar-refractivity contribution < 1.29 is 0 Å². The molecule has 0 aliphatic carbocycles. The van der Waals surface area contributed by atoms with Gasteiger partial charge in [0, 0.05) is 26.2 Å². The molecule has 0 radical (unpaired) electrons. The number of hydrogen-bond acceptors (Lipinski definition) is 7. The highest BCUT2D eigenvalue weighted by atomic mass is 15.4. The lowest BCUT2D eigenvalue weighted by Gasteiger charge is -2.30. The summed E-state index contributed by atoms with van der Waals surface area (Å²) in [7, 11) is 0. The largest absolute Gasteiger partial charge is 0.341 e. The van der Waals surface area contributed by atoms with Gasteiger partial charge in [-0.25, -0.2) is 5.43 Å². The molecule has 0 saturated carbocycles. The number of nitrogens with one attached hydrogen (secondary N) is 1. The molecule has 2 saturated heterocycles. The molecule has 2 fully saturated rings. The number of aryl methyl sites for hydroxylation is 2. The average molecular weight is 394 g/mol. The van der Waals surface area contributed by atoms with Crippen molar-refractivity contribution in [3.8, 4) is 0 Å². The summed E-state index contributed by atoms with van der Waals surface area (Å²) >= 11 is 0. The first-order valence-corrected chi connectivity index (χ1v) is 10.8. The highest BCUT2D eigenvalue weighted by molar-refractivity contribution is 5.82. The highest BCUT2D eigenvalue weighted by Crippen LogP contribution is 2.22. The third-order valence-corrected chi connectivity index (χ3v) is 5.68. The fourth-order valence-electron chi connectivity index (χ4n) is 4.00. The van der Waals surface area contributed by atoms with Gasteiger partial charge in [0.2, 0.25) is 17.8 Å². The molecule has 2 aliphatic heterocycles. The molecule has 0 spiro atoms. The first-order valence-electron chi connectivity index (χ1n) is 10.8. The summed E-state index contributed by atoms with van der Waals surface area (Å²) in [6.45, 7) is 8.23.